The van der Waals surface area contributed by atoms with Crippen molar-refractivity contribution < 1.29 is 27.4 Å². The fraction of sp³-hybridized carbons (Fsp3) is 0.231. The van der Waals surface area contributed by atoms with E-state index < -0.39 is 18.4 Å². The number of benzene rings is 3. The summed E-state index contributed by atoms with van der Waals surface area (Å²) in [4.78, 5) is 0. The average molecular weight is 459 g/mol. The Balaban J connectivity index is 2.04. The first-order valence-electron chi connectivity index (χ1n) is 10.4. The van der Waals surface area contributed by atoms with E-state index in [1.165, 1.54) is 25.3 Å². The van der Waals surface area contributed by atoms with E-state index >= 15 is 0 Å². The van der Waals surface area contributed by atoms with Crippen LogP contribution in [-0.4, -0.2) is 25.4 Å². The lowest BCUT2D eigenvalue weighted by atomic mass is 9.95. The first kappa shape index (κ1) is 24.5. The maximum atomic E-state index is 14.0. The molecule has 0 unspecified atom stereocenters. The normalized spacial score (nSPS) is 11.8. The molecule has 0 aromatic heterocycles. The SMILES string of the molecule is COc1cc(/C=C/c2cccc(-c3ccccc3)c2CF)c(C(F)(F)F)cc1CNCCO. The zero-order valence-electron chi connectivity index (χ0n) is 18.1. The quantitative estimate of drug-likeness (QED) is 0.231. The van der Waals surface area contributed by atoms with Gasteiger partial charge in [0, 0.05) is 18.7 Å². The molecule has 0 saturated heterocycles. The topological polar surface area (TPSA) is 41.5 Å². The van der Waals surface area contributed by atoms with Gasteiger partial charge in [-0.1, -0.05) is 60.7 Å². The van der Waals surface area contributed by atoms with Crippen LogP contribution in [0, 0.1) is 0 Å². The summed E-state index contributed by atoms with van der Waals surface area (Å²) in [6.07, 6.45) is -1.76. The Kier molecular flexibility index (Phi) is 8.25. The van der Waals surface area contributed by atoms with Crippen LogP contribution in [0.2, 0.25) is 0 Å². The van der Waals surface area contributed by atoms with Crippen LogP contribution in [0.15, 0.2) is 60.7 Å². The molecule has 174 valence electrons. The summed E-state index contributed by atoms with van der Waals surface area (Å²) in [5, 5.41) is 11.8. The maximum Gasteiger partial charge on any atom is 0.417 e. The van der Waals surface area contributed by atoms with Gasteiger partial charge in [-0.2, -0.15) is 13.2 Å². The van der Waals surface area contributed by atoms with Gasteiger partial charge in [-0.3, -0.25) is 0 Å². The van der Waals surface area contributed by atoms with Crippen molar-refractivity contribution in [2.45, 2.75) is 19.4 Å². The minimum Gasteiger partial charge on any atom is -0.496 e. The van der Waals surface area contributed by atoms with Gasteiger partial charge in [0.2, 0.25) is 0 Å². The van der Waals surface area contributed by atoms with Crippen molar-refractivity contribution in [1.29, 1.82) is 0 Å². The van der Waals surface area contributed by atoms with Gasteiger partial charge in [0.1, 0.15) is 12.4 Å². The minimum absolute atomic E-state index is 0.0832. The van der Waals surface area contributed by atoms with Crippen LogP contribution in [0.5, 0.6) is 5.75 Å². The summed E-state index contributed by atoms with van der Waals surface area (Å²) in [6, 6.07) is 16.9. The summed E-state index contributed by atoms with van der Waals surface area (Å²) in [6.45, 7) is -0.526. The van der Waals surface area contributed by atoms with Crippen molar-refractivity contribution >= 4 is 12.2 Å². The second-order valence-corrected chi connectivity index (χ2v) is 7.36. The second kappa shape index (κ2) is 11.1. The molecule has 0 bridgehead atoms. The van der Waals surface area contributed by atoms with E-state index in [0.29, 0.717) is 22.3 Å². The van der Waals surface area contributed by atoms with Gasteiger partial charge in [-0.15, -0.1) is 0 Å². The van der Waals surface area contributed by atoms with Crippen molar-refractivity contribution in [2.24, 2.45) is 0 Å². The van der Waals surface area contributed by atoms with Crippen molar-refractivity contribution in [3.05, 3.63) is 88.5 Å². The van der Waals surface area contributed by atoms with E-state index in [1.807, 2.05) is 30.3 Å². The molecular weight excluding hydrogens is 434 g/mol. The lowest BCUT2D eigenvalue weighted by Crippen LogP contribution is -2.19. The molecule has 0 fully saturated rings. The van der Waals surface area contributed by atoms with Gasteiger partial charge < -0.3 is 15.2 Å². The number of halogens is 4. The van der Waals surface area contributed by atoms with E-state index in [0.717, 1.165) is 11.6 Å². The zero-order chi connectivity index (χ0) is 23.8. The number of hydrogen-bond donors (Lipinski definition) is 2. The Hall–Kier alpha value is -3.16. The number of alkyl halides is 4. The number of aliphatic hydroxyl groups is 1. The predicted molar refractivity (Wildman–Crippen MR) is 122 cm³/mol. The van der Waals surface area contributed by atoms with Crippen LogP contribution in [0.4, 0.5) is 17.6 Å². The molecule has 0 spiro atoms. The smallest absolute Gasteiger partial charge is 0.417 e. The largest absolute Gasteiger partial charge is 0.496 e. The Morgan fingerprint density at radius 1 is 0.970 bits per heavy atom. The van der Waals surface area contributed by atoms with Crippen LogP contribution in [0.1, 0.15) is 27.8 Å². The molecule has 3 aromatic rings. The molecule has 0 atom stereocenters. The first-order valence-corrected chi connectivity index (χ1v) is 10.4. The molecule has 0 amide bonds. The van der Waals surface area contributed by atoms with Crippen LogP contribution >= 0.6 is 0 Å². The van der Waals surface area contributed by atoms with Crippen LogP contribution < -0.4 is 10.1 Å². The number of methoxy groups -OCH3 is 1. The predicted octanol–water partition coefficient (Wildman–Crippen LogP) is 6.10. The van der Waals surface area contributed by atoms with Gasteiger partial charge >= 0.3 is 6.18 Å². The fourth-order valence-electron chi connectivity index (χ4n) is 3.63. The lowest BCUT2D eigenvalue weighted by molar-refractivity contribution is -0.137. The molecule has 7 heteroatoms. The van der Waals surface area contributed by atoms with Gasteiger partial charge in [0.15, 0.2) is 0 Å². The van der Waals surface area contributed by atoms with Crippen LogP contribution in [0.3, 0.4) is 0 Å². The number of ether oxygens (including phenoxy) is 1. The zero-order valence-corrected chi connectivity index (χ0v) is 18.1. The first-order chi connectivity index (χ1) is 15.9. The third-order valence-electron chi connectivity index (χ3n) is 5.24. The van der Waals surface area contributed by atoms with E-state index in [-0.39, 0.29) is 31.0 Å². The molecule has 0 heterocycles. The van der Waals surface area contributed by atoms with Gasteiger partial charge in [-0.05, 0) is 39.9 Å². The van der Waals surface area contributed by atoms with Gasteiger partial charge in [0.05, 0.1) is 19.3 Å². The highest BCUT2D eigenvalue weighted by molar-refractivity contribution is 5.78. The molecule has 0 aliphatic rings. The molecule has 33 heavy (non-hydrogen) atoms. The summed E-state index contributed by atoms with van der Waals surface area (Å²) < 4.78 is 60.7. The van der Waals surface area contributed by atoms with Gasteiger partial charge in [0.25, 0.3) is 0 Å². The molecule has 3 rings (SSSR count). The summed E-state index contributed by atoms with van der Waals surface area (Å²) in [7, 11) is 1.39. The van der Waals surface area contributed by atoms with E-state index in [4.69, 9.17) is 9.84 Å². The molecule has 0 aliphatic carbocycles. The lowest BCUT2D eigenvalue weighted by Gasteiger charge is -2.17. The summed E-state index contributed by atoms with van der Waals surface area (Å²) in [5.74, 6) is 0.289. The molecule has 0 radical (unpaired) electrons. The fourth-order valence-corrected chi connectivity index (χ4v) is 3.63. The Labute approximate surface area is 190 Å². The number of hydrogen-bond acceptors (Lipinski definition) is 3. The monoisotopic (exact) mass is 459 g/mol. The second-order valence-electron chi connectivity index (χ2n) is 7.36. The van der Waals surface area contributed by atoms with Crippen molar-refractivity contribution in [3.8, 4) is 16.9 Å². The Morgan fingerprint density at radius 2 is 1.70 bits per heavy atom. The highest BCUT2D eigenvalue weighted by atomic mass is 19.4. The summed E-state index contributed by atoms with van der Waals surface area (Å²) in [5.41, 5.74) is 1.86. The molecule has 3 nitrogen and oxygen atoms in total. The van der Waals surface area contributed by atoms with Crippen molar-refractivity contribution in [1.82, 2.24) is 5.32 Å². The molecule has 0 aliphatic heterocycles. The molecule has 3 aromatic carbocycles. The molecule has 2 N–H and O–H groups in total. The number of aliphatic hydroxyl groups excluding tert-OH is 1. The van der Waals surface area contributed by atoms with E-state index in [2.05, 4.69) is 5.32 Å². The van der Waals surface area contributed by atoms with Gasteiger partial charge in [-0.25, -0.2) is 4.39 Å². The van der Waals surface area contributed by atoms with Crippen molar-refractivity contribution in [2.75, 3.05) is 20.3 Å². The minimum atomic E-state index is -4.59. The van der Waals surface area contributed by atoms with E-state index in [9.17, 15) is 17.6 Å². The maximum absolute atomic E-state index is 14.0. The van der Waals surface area contributed by atoms with E-state index in [1.54, 1.807) is 18.2 Å². The summed E-state index contributed by atoms with van der Waals surface area (Å²) >= 11 is 0. The van der Waals surface area contributed by atoms with Crippen LogP contribution in [0.25, 0.3) is 23.3 Å². The standard InChI is InChI=1S/C26H25F4NO2/c1-33-25-15-20(24(26(28,29)30)14-21(25)17-31-12-13-32)11-10-19-8-5-9-22(23(19)16-27)18-6-3-2-4-7-18/h2-11,14-15,31-32H,12-13,16-17H2,1H3/b11-10+. The Morgan fingerprint density at radius 3 is 2.33 bits per heavy atom. The third-order valence-corrected chi connectivity index (χ3v) is 5.24. The highest BCUT2D eigenvalue weighted by Gasteiger charge is 2.34. The molecular formula is C26H25F4NO2. The van der Waals surface area contributed by atoms with Crippen molar-refractivity contribution in [3.63, 3.8) is 0 Å². The average Bonchev–Trinajstić information content (AvgIpc) is 2.82. The third kappa shape index (κ3) is 6.00. The number of nitrogens with one attached hydrogen (secondary N) is 1. The number of rotatable bonds is 9. The van der Waals surface area contributed by atoms with Crippen LogP contribution in [-0.2, 0) is 19.4 Å². The highest BCUT2D eigenvalue weighted by Crippen LogP contribution is 2.37. The Bertz CT molecular complexity index is 1100. The molecule has 0 saturated carbocycles.